The largest absolute Gasteiger partial charge is 0.395 e. The highest BCUT2D eigenvalue weighted by Gasteiger charge is 2.01. The van der Waals surface area contributed by atoms with Gasteiger partial charge in [-0.3, -0.25) is 0 Å². The van der Waals surface area contributed by atoms with Gasteiger partial charge in [0, 0.05) is 31.5 Å². The Balaban J connectivity index is 1.91. The quantitative estimate of drug-likeness (QED) is 0.843. The minimum absolute atomic E-state index is 0.170. The van der Waals surface area contributed by atoms with Crippen LogP contribution in [0.25, 0.3) is 0 Å². The first-order chi connectivity index (χ1) is 9.19. The molecule has 1 aromatic carbocycles. The van der Waals surface area contributed by atoms with E-state index >= 15 is 0 Å². The summed E-state index contributed by atoms with van der Waals surface area (Å²) in [6.45, 7) is 1.65. The molecule has 2 N–H and O–H groups in total. The number of likely N-dealkylation sites (N-methyl/N-ethyl adjacent to an activating group) is 1. The van der Waals surface area contributed by atoms with Gasteiger partial charge in [0.2, 0.25) is 0 Å². The number of rotatable bonds is 6. The van der Waals surface area contributed by atoms with Gasteiger partial charge in [0.1, 0.15) is 0 Å². The summed E-state index contributed by atoms with van der Waals surface area (Å²) in [4.78, 5) is 2.03. The number of halogens is 1. The molecule has 19 heavy (non-hydrogen) atoms. The van der Waals surface area contributed by atoms with Crippen molar-refractivity contribution < 1.29 is 5.11 Å². The van der Waals surface area contributed by atoms with E-state index < -0.39 is 0 Å². The molecule has 0 radical (unpaired) electrons. The topological polar surface area (TPSA) is 35.5 Å². The lowest BCUT2D eigenvalue weighted by Gasteiger charge is -2.18. The lowest BCUT2D eigenvalue weighted by atomic mass is 10.2. The average Bonchev–Trinajstić information content (AvgIpc) is 2.83. The summed E-state index contributed by atoms with van der Waals surface area (Å²) in [6.07, 6.45) is 0. The van der Waals surface area contributed by atoms with E-state index in [-0.39, 0.29) is 6.61 Å². The number of aliphatic hydroxyl groups is 1. The molecule has 0 aliphatic heterocycles. The van der Waals surface area contributed by atoms with Crippen molar-refractivity contribution >= 4 is 38.6 Å². The van der Waals surface area contributed by atoms with Gasteiger partial charge in [-0.05, 0) is 57.2 Å². The number of hydrogen-bond donors (Lipinski definition) is 2. The molecule has 102 valence electrons. The van der Waals surface area contributed by atoms with Crippen molar-refractivity contribution in [3.8, 4) is 0 Å². The number of anilines is 2. The zero-order valence-electron chi connectivity index (χ0n) is 10.8. The Kier molecular flexibility index (Phi) is 5.24. The molecule has 0 spiro atoms. The van der Waals surface area contributed by atoms with Crippen LogP contribution in [0.15, 0.2) is 39.5 Å². The van der Waals surface area contributed by atoms with E-state index in [0.717, 1.165) is 21.7 Å². The van der Waals surface area contributed by atoms with Gasteiger partial charge in [-0.25, -0.2) is 0 Å². The van der Waals surface area contributed by atoms with Crippen LogP contribution in [0.3, 0.4) is 0 Å². The van der Waals surface area contributed by atoms with E-state index in [4.69, 9.17) is 5.11 Å². The summed E-state index contributed by atoms with van der Waals surface area (Å²) in [7, 11) is 1.97. The number of nitrogens with zero attached hydrogens (tertiary/aromatic N) is 1. The van der Waals surface area contributed by atoms with Gasteiger partial charge < -0.3 is 15.3 Å². The Hall–Kier alpha value is -1.04. The van der Waals surface area contributed by atoms with Crippen molar-refractivity contribution in [2.45, 2.75) is 6.54 Å². The van der Waals surface area contributed by atoms with Crippen LogP contribution >= 0.6 is 27.3 Å². The third-order valence-electron chi connectivity index (χ3n) is 2.86. The van der Waals surface area contributed by atoms with Crippen LogP contribution < -0.4 is 10.2 Å². The summed E-state index contributed by atoms with van der Waals surface area (Å²) in [5, 5.41) is 14.4. The normalized spacial score (nSPS) is 10.5. The molecule has 0 unspecified atom stereocenters. The van der Waals surface area contributed by atoms with Crippen LogP contribution in [0.1, 0.15) is 5.56 Å². The Morgan fingerprint density at radius 1 is 1.32 bits per heavy atom. The van der Waals surface area contributed by atoms with Crippen molar-refractivity contribution in [3.63, 3.8) is 0 Å². The minimum atomic E-state index is 0.170. The maximum Gasteiger partial charge on any atom is 0.0701 e. The van der Waals surface area contributed by atoms with Crippen molar-refractivity contribution in [2.24, 2.45) is 0 Å². The smallest absolute Gasteiger partial charge is 0.0701 e. The van der Waals surface area contributed by atoms with Crippen LogP contribution in [0.4, 0.5) is 11.4 Å². The predicted molar refractivity (Wildman–Crippen MR) is 86.1 cm³/mol. The van der Waals surface area contributed by atoms with Gasteiger partial charge in [-0.15, -0.1) is 11.3 Å². The molecule has 0 aliphatic rings. The van der Waals surface area contributed by atoms with Crippen molar-refractivity contribution in [1.82, 2.24) is 0 Å². The lowest BCUT2D eigenvalue weighted by molar-refractivity contribution is 0.304. The molecule has 3 nitrogen and oxygen atoms in total. The number of aliphatic hydroxyl groups excluding tert-OH is 1. The highest BCUT2D eigenvalue weighted by atomic mass is 79.9. The first kappa shape index (κ1) is 14.4. The third-order valence-corrected chi connectivity index (χ3v) is 4.42. The Morgan fingerprint density at radius 2 is 2.05 bits per heavy atom. The molecule has 5 heteroatoms. The molecule has 0 saturated heterocycles. The van der Waals surface area contributed by atoms with Gasteiger partial charge >= 0.3 is 0 Å². The van der Waals surface area contributed by atoms with Gasteiger partial charge in [0.05, 0.1) is 10.4 Å². The Labute approximate surface area is 126 Å². The minimum Gasteiger partial charge on any atom is -0.395 e. The second kappa shape index (κ2) is 6.93. The maximum atomic E-state index is 8.91. The summed E-state index contributed by atoms with van der Waals surface area (Å²) in [5.41, 5.74) is 3.49. The van der Waals surface area contributed by atoms with Crippen LogP contribution in [0.2, 0.25) is 0 Å². The molecular weight excluding hydrogens is 324 g/mol. The van der Waals surface area contributed by atoms with Gasteiger partial charge in [0.15, 0.2) is 0 Å². The molecule has 0 fully saturated rings. The molecule has 0 aliphatic carbocycles. The number of benzene rings is 1. The van der Waals surface area contributed by atoms with Crippen molar-refractivity contribution in [2.75, 3.05) is 30.4 Å². The summed E-state index contributed by atoms with van der Waals surface area (Å²) >= 11 is 5.16. The summed E-state index contributed by atoms with van der Waals surface area (Å²) in [5.74, 6) is 0. The number of hydrogen-bond acceptors (Lipinski definition) is 4. The highest BCUT2D eigenvalue weighted by Crippen LogP contribution is 2.22. The van der Waals surface area contributed by atoms with Crippen LogP contribution in [-0.4, -0.2) is 25.3 Å². The molecular formula is C14H17BrN2OS. The van der Waals surface area contributed by atoms with Gasteiger partial charge in [-0.1, -0.05) is 0 Å². The SMILES string of the molecule is CN(CCO)c1ccc(NCc2csc(Br)c2)cc1. The summed E-state index contributed by atoms with van der Waals surface area (Å²) in [6, 6.07) is 10.4. The highest BCUT2D eigenvalue weighted by molar-refractivity contribution is 9.11. The van der Waals surface area contributed by atoms with E-state index in [9.17, 15) is 0 Å². The van der Waals surface area contributed by atoms with E-state index in [1.54, 1.807) is 11.3 Å². The molecule has 1 heterocycles. The third kappa shape index (κ3) is 4.23. The van der Waals surface area contributed by atoms with E-state index in [0.29, 0.717) is 6.54 Å². The van der Waals surface area contributed by atoms with E-state index in [1.165, 1.54) is 5.56 Å². The first-order valence-corrected chi connectivity index (χ1v) is 7.75. The van der Waals surface area contributed by atoms with E-state index in [2.05, 4.69) is 57.0 Å². The fraction of sp³-hybridized carbons (Fsp3) is 0.286. The first-order valence-electron chi connectivity index (χ1n) is 6.08. The maximum absolute atomic E-state index is 8.91. The van der Waals surface area contributed by atoms with Gasteiger partial charge in [0.25, 0.3) is 0 Å². The van der Waals surface area contributed by atoms with E-state index in [1.807, 2.05) is 11.9 Å². The van der Waals surface area contributed by atoms with Crippen LogP contribution in [-0.2, 0) is 6.54 Å². The predicted octanol–water partition coefficient (Wildman–Crippen LogP) is 3.55. The van der Waals surface area contributed by atoms with Crippen LogP contribution in [0.5, 0.6) is 0 Å². The molecule has 0 saturated carbocycles. The zero-order valence-corrected chi connectivity index (χ0v) is 13.2. The molecule has 0 atom stereocenters. The Morgan fingerprint density at radius 3 is 2.63 bits per heavy atom. The van der Waals surface area contributed by atoms with Crippen molar-refractivity contribution in [3.05, 3.63) is 45.1 Å². The second-order valence-electron chi connectivity index (χ2n) is 4.30. The molecule has 2 rings (SSSR count). The van der Waals surface area contributed by atoms with Crippen molar-refractivity contribution in [1.29, 1.82) is 0 Å². The molecule has 1 aromatic heterocycles. The zero-order chi connectivity index (χ0) is 13.7. The lowest BCUT2D eigenvalue weighted by Crippen LogP contribution is -2.20. The average molecular weight is 341 g/mol. The standard InChI is InChI=1S/C14H17BrN2OS/c1-17(6-7-18)13-4-2-12(3-5-13)16-9-11-8-14(15)19-10-11/h2-5,8,10,16,18H,6-7,9H2,1H3. The fourth-order valence-electron chi connectivity index (χ4n) is 1.76. The van der Waals surface area contributed by atoms with Gasteiger partial charge in [-0.2, -0.15) is 0 Å². The summed E-state index contributed by atoms with van der Waals surface area (Å²) < 4.78 is 1.16. The van der Waals surface area contributed by atoms with Crippen LogP contribution in [0, 0.1) is 0 Å². The Bertz CT molecular complexity index is 512. The number of nitrogens with one attached hydrogen (secondary N) is 1. The monoisotopic (exact) mass is 340 g/mol. The molecule has 2 aromatic rings. The second-order valence-corrected chi connectivity index (χ2v) is 6.60. The molecule has 0 amide bonds. The molecule has 0 bridgehead atoms. The number of thiophene rings is 1. The fourth-order valence-corrected chi connectivity index (χ4v) is 2.96.